The Morgan fingerprint density at radius 1 is 1.08 bits per heavy atom. The molecule has 1 aromatic heterocycles. The third kappa shape index (κ3) is 10.8. The predicted octanol–water partition coefficient (Wildman–Crippen LogP) is 0.884. The van der Waals surface area contributed by atoms with Gasteiger partial charge in [0.25, 0.3) is 5.56 Å². The van der Waals surface area contributed by atoms with Crippen LogP contribution in [0.1, 0.15) is 56.9 Å². The van der Waals surface area contributed by atoms with Gasteiger partial charge in [-0.1, -0.05) is 19.3 Å². The van der Waals surface area contributed by atoms with E-state index in [-0.39, 0.29) is 17.5 Å². The molecule has 0 spiro atoms. The lowest BCUT2D eigenvalue weighted by Gasteiger charge is -2.15. The molecule has 0 saturated carbocycles. The van der Waals surface area contributed by atoms with Gasteiger partial charge in [-0.3, -0.25) is 14.6 Å². The van der Waals surface area contributed by atoms with Crippen molar-refractivity contribution in [2.75, 3.05) is 25.9 Å². The van der Waals surface area contributed by atoms with Crippen LogP contribution in [0.5, 0.6) is 0 Å². The second-order valence-corrected chi connectivity index (χ2v) is 10.0. The highest BCUT2D eigenvalue weighted by atomic mass is 32.2. The van der Waals surface area contributed by atoms with Crippen LogP contribution in [0.3, 0.4) is 0 Å². The first-order valence-corrected chi connectivity index (χ1v) is 13.5. The number of aromatic amines is 2. The molecule has 3 rings (SSSR count). The second kappa shape index (κ2) is 16.7. The van der Waals surface area contributed by atoms with E-state index in [1.165, 1.54) is 18.3 Å². The molecule has 3 heterocycles. The maximum Gasteiger partial charge on any atom is 0.325 e. The monoisotopic (exact) mass is 522 g/mol. The Hall–Kier alpha value is -2.86. The first-order valence-electron chi connectivity index (χ1n) is 12.5. The number of hydrogen-bond donors (Lipinski definition) is 6. The van der Waals surface area contributed by atoms with Crippen LogP contribution in [-0.2, 0) is 9.59 Å². The van der Waals surface area contributed by atoms with Gasteiger partial charge in [-0.15, -0.1) is 0 Å². The van der Waals surface area contributed by atoms with Crippen molar-refractivity contribution in [1.82, 2.24) is 31.2 Å². The molecule has 2 fully saturated rings. The molecule has 6 N–H and O–H groups in total. The lowest BCUT2D eigenvalue weighted by molar-refractivity contribution is -0.116. The molecule has 36 heavy (non-hydrogen) atoms. The fourth-order valence-electron chi connectivity index (χ4n) is 3.98. The van der Waals surface area contributed by atoms with Crippen molar-refractivity contribution in [1.29, 1.82) is 0 Å². The molecule has 3 atom stereocenters. The summed E-state index contributed by atoms with van der Waals surface area (Å²) in [6.07, 6.45) is 13.0. The number of urea groups is 1. The van der Waals surface area contributed by atoms with Crippen LogP contribution < -0.4 is 32.5 Å². The number of hydrogen-bond acceptors (Lipinski definition) is 7. The molecule has 0 aromatic carbocycles. The maximum atomic E-state index is 11.5. The Morgan fingerprint density at radius 3 is 2.58 bits per heavy atom. The zero-order valence-electron chi connectivity index (χ0n) is 20.8. The summed E-state index contributed by atoms with van der Waals surface area (Å²) in [4.78, 5) is 59.4. The minimum atomic E-state index is -0.570. The van der Waals surface area contributed by atoms with Crippen LogP contribution in [0.4, 0.5) is 4.79 Å². The van der Waals surface area contributed by atoms with Gasteiger partial charge < -0.3 is 31.0 Å². The maximum absolute atomic E-state index is 11.5. The Labute approximate surface area is 215 Å². The van der Waals surface area contributed by atoms with Gasteiger partial charge in [0.2, 0.25) is 5.91 Å². The van der Waals surface area contributed by atoms with Crippen LogP contribution in [0.25, 0.3) is 6.08 Å². The molecule has 11 nitrogen and oxygen atoms in total. The zero-order chi connectivity index (χ0) is 26.2. The van der Waals surface area contributed by atoms with E-state index in [2.05, 4.69) is 31.2 Å². The summed E-state index contributed by atoms with van der Waals surface area (Å²) in [5.41, 5.74) is -0.857. The highest BCUT2D eigenvalue weighted by Gasteiger charge is 2.42. The number of rotatable bonds is 14. The van der Waals surface area contributed by atoms with Crippen molar-refractivity contribution in [2.45, 2.75) is 68.7 Å². The van der Waals surface area contributed by atoms with E-state index < -0.39 is 11.2 Å². The average Bonchev–Trinajstić information content (AvgIpc) is 3.40. The standard InChI is InChI=1S/C14H22N4O3.C10H16N2O2S/c1-15-8-4-2-3-5-9-16-12(19)7-6-11-10-17-14(21)18-13(11)20;13-5-3-1-2-4-8-9-7(6-15-8)11-10(14)12-9/h6-7,10,15H,2-5,8-9H2,1H3,(H,16,19)(H2,17,18,20,21);5,7-9H,1-4,6H2,(H2,11,12,14)/b7-6+;. The number of fused-ring (bicyclic) bond motifs is 1. The molecular formula is C24H38N6O5S. The van der Waals surface area contributed by atoms with Crippen molar-refractivity contribution in [3.05, 3.63) is 38.7 Å². The third-order valence-corrected chi connectivity index (χ3v) is 7.42. The van der Waals surface area contributed by atoms with Crippen LogP contribution in [0, 0.1) is 0 Å². The lowest BCUT2D eigenvalue weighted by Crippen LogP contribution is -2.36. The van der Waals surface area contributed by atoms with Crippen molar-refractivity contribution >= 4 is 36.1 Å². The van der Waals surface area contributed by atoms with Crippen molar-refractivity contribution in [3.63, 3.8) is 0 Å². The van der Waals surface area contributed by atoms with E-state index in [9.17, 15) is 24.0 Å². The highest BCUT2D eigenvalue weighted by Crippen LogP contribution is 2.33. The first kappa shape index (κ1) is 29.4. The summed E-state index contributed by atoms with van der Waals surface area (Å²) >= 11 is 1.93. The van der Waals surface area contributed by atoms with Crippen molar-refractivity contribution in [3.8, 4) is 0 Å². The quantitative estimate of drug-likeness (QED) is 0.0913. The van der Waals surface area contributed by atoms with Gasteiger partial charge in [-0.2, -0.15) is 11.8 Å². The van der Waals surface area contributed by atoms with Gasteiger partial charge in [0.15, 0.2) is 0 Å². The third-order valence-electron chi connectivity index (χ3n) is 5.91. The largest absolute Gasteiger partial charge is 0.353 e. The molecule has 0 aliphatic carbocycles. The fourth-order valence-corrected chi connectivity index (χ4v) is 5.52. The van der Waals surface area contributed by atoms with Gasteiger partial charge in [0.05, 0.1) is 17.6 Å². The minimum absolute atomic E-state index is 0.0248. The molecule has 12 heteroatoms. The van der Waals surface area contributed by atoms with E-state index >= 15 is 0 Å². The second-order valence-electron chi connectivity index (χ2n) is 8.74. The van der Waals surface area contributed by atoms with E-state index in [0.717, 1.165) is 63.5 Å². The number of aldehydes is 1. The van der Waals surface area contributed by atoms with Gasteiger partial charge in [0, 0.05) is 36.2 Å². The zero-order valence-corrected chi connectivity index (χ0v) is 21.6. The van der Waals surface area contributed by atoms with Crippen molar-refractivity contribution < 1.29 is 14.4 Å². The van der Waals surface area contributed by atoms with E-state index in [0.29, 0.717) is 30.3 Å². The smallest absolute Gasteiger partial charge is 0.325 e. The molecule has 200 valence electrons. The van der Waals surface area contributed by atoms with Gasteiger partial charge >= 0.3 is 11.7 Å². The lowest BCUT2D eigenvalue weighted by atomic mass is 10.0. The number of nitrogens with one attached hydrogen (secondary N) is 6. The molecule has 2 aliphatic heterocycles. The van der Waals surface area contributed by atoms with E-state index in [4.69, 9.17) is 0 Å². The molecular weight excluding hydrogens is 484 g/mol. The van der Waals surface area contributed by atoms with Gasteiger partial charge in [0.1, 0.15) is 6.29 Å². The molecule has 2 saturated heterocycles. The molecule has 1 aromatic rings. The number of aromatic nitrogens is 2. The van der Waals surface area contributed by atoms with Crippen molar-refractivity contribution in [2.24, 2.45) is 0 Å². The number of unbranched alkanes of at least 4 members (excludes halogenated alkanes) is 5. The Bertz CT molecular complexity index is 978. The fraction of sp³-hybridized carbons (Fsp3) is 0.625. The molecule has 0 radical (unpaired) electrons. The molecule has 3 unspecified atom stereocenters. The number of thioether (sulfide) groups is 1. The van der Waals surface area contributed by atoms with Gasteiger partial charge in [-0.05, 0) is 45.4 Å². The Kier molecular flexibility index (Phi) is 13.7. The topological polar surface area (TPSA) is 165 Å². The number of carbonyl (C=O) groups is 3. The summed E-state index contributed by atoms with van der Waals surface area (Å²) in [7, 11) is 1.93. The van der Waals surface area contributed by atoms with Gasteiger partial charge in [-0.25, -0.2) is 9.59 Å². The highest BCUT2D eigenvalue weighted by molar-refractivity contribution is 8.00. The predicted molar refractivity (Wildman–Crippen MR) is 142 cm³/mol. The number of amides is 3. The van der Waals surface area contributed by atoms with E-state index in [1.54, 1.807) is 0 Å². The summed E-state index contributed by atoms with van der Waals surface area (Å²) < 4.78 is 0. The summed E-state index contributed by atoms with van der Waals surface area (Å²) in [5, 5.41) is 12.3. The molecule has 2 aliphatic rings. The molecule has 0 bridgehead atoms. The summed E-state index contributed by atoms with van der Waals surface area (Å²) in [5.74, 6) is 0.762. The minimum Gasteiger partial charge on any atom is -0.353 e. The SMILES string of the molecule is CNCCCCCCNC(=O)/C=C/c1c[nH]c(=O)[nH]c1=O.O=CCCCCC1SCC2NC(=O)NC21. The summed E-state index contributed by atoms with van der Waals surface area (Å²) in [6.45, 7) is 1.63. The Balaban J connectivity index is 0.000000267. The molecule has 3 amide bonds. The number of H-pyrrole nitrogens is 2. The number of carbonyl (C=O) groups excluding carboxylic acids is 3. The summed E-state index contributed by atoms with van der Waals surface area (Å²) in [6, 6.07) is 0.598. The average molecular weight is 523 g/mol. The van der Waals surface area contributed by atoms with E-state index in [1.807, 2.05) is 18.8 Å². The van der Waals surface area contributed by atoms with Crippen LogP contribution >= 0.6 is 11.8 Å². The van der Waals surface area contributed by atoms with Crippen LogP contribution in [0.15, 0.2) is 21.9 Å². The first-order chi connectivity index (χ1) is 17.4. The van der Waals surface area contributed by atoms with Crippen LogP contribution in [0.2, 0.25) is 0 Å². The van der Waals surface area contributed by atoms with Crippen LogP contribution in [-0.4, -0.2) is 71.4 Å². The Morgan fingerprint density at radius 2 is 1.86 bits per heavy atom. The normalized spacial score (nSPS) is 20.2.